The summed E-state index contributed by atoms with van der Waals surface area (Å²) in [5.41, 5.74) is 7.87. The van der Waals surface area contributed by atoms with Crippen LogP contribution in [0, 0.1) is 19.8 Å². The molecule has 1 atom stereocenters. The van der Waals surface area contributed by atoms with Crippen molar-refractivity contribution in [3.63, 3.8) is 0 Å². The second kappa shape index (κ2) is 4.25. The number of nitrogens with zero attached hydrogens (tertiary/aromatic N) is 2. The molecule has 5 nitrogen and oxygen atoms in total. The van der Waals surface area contributed by atoms with Crippen LogP contribution in [0.1, 0.15) is 23.9 Å². The first kappa shape index (κ1) is 11.4. The predicted octanol–water partition coefficient (Wildman–Crippen LogP) is 0.939. The van der Waals surface area contributed by atoms with Crippen LogP contribution in [-0.4, -0.2) is 21.0 Å². The second-order valence-electron chi connectivity index (χ2n) is 3.67. The summed E-state index contributed by atoms with van der Waals surface area (Å²) in [7, 11) is 0. The van der Waals surface area contributed by atoms with E-state index in [1.165, 1.54) is 0 Å². The number of rotatable bonds is 3. The van der Waals surface area contributed by atoms with Gasteiger partial charge in [-0.3, -0.25) is 4.79 Å². The average molecular weight is 209 g/mol. The van der Waals surface area contributed by atoms with Gasteiger partial charge in [0.05, 0.1) is 5.92 Å². The van der Waals surface area contributed by atoms with Crippen LogP contribution in [0.2, 0.25) is 0 Å². The van der Waals surface area contributed by atoms with E-state index in [2.05, 4.69) is 9.97 Å². The van der Waals surface area contributed by atoms with Gasteiger partial charge in [-0.15, -0.1) is 0 Å². The molecule has 0 aliphatic carbocycles. The molecule has 0 saturated carbocycles. The molecule has 0 saturated heterocycles. The van der Waals surface area contributed by atoms with E-state index in [-0.39, 0.29) is 5.95 Å². The summed E-state index contributed by atoms with van der Waals surface area (Å²) >= 11 is 0. The number of anilines is 1. The molecular formula is C10H15N3O2. The van der Waals surface area contributed by atoms with Gasteiger partial charge in [0.1, 0.15) is 0 Å². The first-order valence-corrected chi connectivity index (χ1v) is 4.74. The minimum atomic E-state index is -0.814. The molecule has 5 heteroatoms. The molecular weight excluding hydrogens is 194 g/mol. The quantitative estimate of drug-likeness (QED) is 0.773. The lowest BCUT2D eigenvalue weighted by Gasteiger charge is -2.11. The summed E-state index contributed by atoms with van der Waals surface area (Å²) in [6.07, 6.45) is 0.438. The monoisotopic (exact) mass is 209 g/mol. The highest BCUT2D eigenvalue weighted by molar-refractivity contribution is 5.70. The number of aromatic nitrogens is 2. The lowest BCUT2D eigenvalue weighted by atomic mass is 9.99. The largest absolute Gasteiger partial charge is 0.481 e. The molecule has 0 spiro atoms. The van der Waals surface area contributed by atoms with E-state index in [1.807, 2.05) is 13.8 Å². The molecule has 0 aliphatic heterocycles. The Labute approximate surface area is 88.4 Å². The van der Waals surface area contributed by atoms with Gasteiger partial charge in [-0.05, 0) is 25.8 Å². The number of hydrogen-bond donors (Lipinski definition) is 2. The highest BCUT2D eigenvalue weighted by Gasteiger charge is 2.16. The number of nitrogen functional groups attached to an aromatic ring is 1. The van der Waals surface area contributed by atoms with Gasteiger partial charge < -0.3 is 10.8 Å². The third kappa shape index (κ3) is 2.65. The zero-order valence-corrected chi connectivity index (χ0v) is 9.11. The minimum absolute atomic E-state index is 0.233. The van der Waals surface area contributed by atoms with Crippen molar-refractivity contribution in [2.75, 3.05) is 5.73 Å². The molecule has 3 N–H and O–H groups in total. The van der Waals surface area contributed by atoms with Gasteiger partial charge in [-0.1, -0.05) is 6.92 Å². The van der Waals surface area contributed by atoms with Crippen molar-refractivity contribution < 1.29 is 9.90 Å². The summed E-state index contributed by atoms with van der Waals surface area (Å²) in [5, 5.41) is 8.81. The molecule has 0 fully saturated rings. The van der Waals surface area contributed by atoms with Crippen LogP contribution in [0.5, 0.6) is 0 Å². The molecule has 15 heavy (non-hydrogen) atoms. The van der Waals surface area contributed by atoms with Crippen molar-refractivity contribution in [1.82, 2.24) is 9.97 Å². The lowest BCUT2D eigenvalue weighted by molar-refractivity contribution is -0.141. The third-order valence-electron chi connectivity index (χ3n) is 2.37. The summed E-state index contributed by atoms with van der Waals surface area (Å²) < 4.78 is 0. The number of nitrogens with two attached hydrogens (primary N) is 1. The molecule has 0 radical (unpaired) electrons. The smallest absolute Gasteiger partial charge is 0.306 e. The molecule has 0 amide bonds. The Hall–Kier alpha value is -1.65. The van der Waals surface area contributed by atoms with Gasteiger partial charge in [0.25, 0.3) is 0 Å². The number of hydrogen-bond acceptors (Lipinski definition) is 4. The van der Waals surface area contributed by atoms with Crippen LogP contribution in [0.4, 0.5) is 5.95 Å². The van der Waals surface area contributed by atoms with Crippen LogP contribution in [-0.2, 0) is 11.2 Å². The van der Waals surface area contributed by atoms with E-state index >= 15 is 0 Å². The standard InChI is InChI=1S/C10H15N3O2/c1-5(9(14)15)4-8-6(2)12-10(11)13-7(8)3/h5H,4H2,1-3H3,(H,14,15)(H2,11,12,13). The summed E-state index contributed by atoms with van der Waals surface area (Å²) in [6.45, 7) is 5.29. The topological polar surface area (TPSA) is 89.1 Å². The first-order chi connectivity index (χ1) is 6.91. The number of carbonyl (C=O) groups is 1. The van der Waals surface area contributed by atoms with Crippen LogP contribution < -0.4 is 5.73 Å². The molecule has 0 aromatic carbocycles. The van der Waals surface area contributed by atoms with Crippen LogP contribution in [0.25, 0.3) is 0 Å². The fourth-order valence-corrected chi connectivity index (χ4v) is 1.45. The number of aliphatic carboxylic acids is 1. The summed E-state index contributed by atoms with van der Waals surface area (Å²) in [6, 6.07) is 0. The maximum Gasteiger partial charge on any atom is 0.306 e. The Balaban J connectivity index is 3.00. The Bertz CT molecular complexity index is 367. The zero-order chi connectivity index (χ0) is 11.6. The van der Waals surface area contributed by atoms with Crippen molar-refractivity contribution >= 4 is 11.9 Å². The lowest BCUT2D eigenvalue weighted by Crippen LogP contribution is -2.15. The number of aryl methyl sites for hydroxylation is 2. The van der Waals surface area contributed by atoms with Crippen LogP contribution in [0.3, 0.4) is 0 Å². The molecule has 0 bridgehead atoms. The van der Waals surface area contributed by atoms with Crippen LogP contribution in [0.15, 0.2) is 0 Å². The van der Waals surface area contributed by atoms with Gasteiger partial charge in [-0.2, -0.15) is 0 Å². The Morgan fingerprint density at radius 3 is 2.27 bits per heavy atom. The molecule has 1 unspecified atom stereocenters. The van der Waals surface area contributed by atoms with Gasteiger partial charge in [-0.25, -0.2) is 9.97 Å². The fourth-order valence-electron chi connectivity index (χ4n) is 1.45. The molecule has 1 aromatic heterocycles. The van der Waals surface area contributed by atoms with E-state index < -0.39 is 11.9 Å². The Morgan fingerprint density at radius 1 is 1.40 bits per heavy atom. The summed E-state index contributed by atoms with van der Waals surface area (Å²) in [4.78, 5) is 18.8. The Morgan fingerprint density at radius 2 is 1.87 bits per heavy atom. The van der Waals surface area contributed by atoms with E-state index in [9.17, 15) is 4.79 Å². The van der Waals surface area contributed by atoms with Crippen molar-refractivity contribution in [2.24, 2.45) is 5.92 Å². The maximum absolute atomic E-state index is 10.7. The highest BCUT2D eigenvalue weighted by Crippen LogP contribution is 2.16. The normalized spacial score (nSPS) is 12.5. The van der Waals surface area contributed by atoms with Gasteiger partial charge >= 0.3 is 5.97 Å². The second-order valence-corrected chi connectivity index (χ2v) is 3.67. The number of carboxylic acid groups (broad SMARTS) is 1. The minimum Gasteiger partial charge on any atom is -0.481 e. The van der Waals surface area contributed by atoms with E-state index in [0.29, 0.717) is 6.42 Å². The van der Waals surface area contributed by atoms with Gasteiger partial charge in [0.2, 0.25) is 5.95 Å². The predicted molar refractivity (Wildman–Crippen MR) is 56.4 cm³/mol. The highest BCUT2D eigenvalue weighted by atomic mass is 16.4. The Kier molecular flexibility index (Phi) is 3.24. The van der Waals surface area contributed by atoms with Crippen molar-refractivity contribution in [1.29, 1.82) is 0 Å². The van der Waals surface area contributed by atoms with Crippen LogP contribution >= 0.6 is 0 Å². The van der Waals surface area contributed by atoms with Gasteiger partial charge in [0.15, 0.2) is 0 Å². The van der Waals surface area contributed by atoms with E-state index in [4.69, 9.17) is 10.8 Å². The fraction of sp³-hybridized carbons (Fsp3) is 0.500. The maximum atomic E-state index is 10.7. The van der Waals surface area contributed by atoms with Gasteiger partial charge in [0, 0.05) is 11.4 Å². The van der Waals surface area contributed by atoms with E-state index in [0.717, 1.165) is 17.0 Å². The van der Waals surface area contributed by atoms with Crippen molar-refractivity contribution in [3.8, 4) is 0 Å². The SMILES string of the molecule is Cc1nc(N)nc(C)c1CC(C)C(=O)O. The number of carboxylic acids is 1. The van der Waals surface area contributed by atoms with Crippen molar-refractivity contribution in [2.45, 2.75) is 27.2 Å². The molecule has 0 aliphatic rings. The zero-order valence-electron chi connectivity index (χ0n) is 9.11. The average Bonchev–Trinajstić information content (AvgIpc) is 2.10. The molecule has 1 heterocycles. The third-order valence-corrected chi connectivity index (χ3v) is 2.37. The first-order valence-electron chi connectivity index (χ1n) is 4.74. The van der Waals surface area contributed by atoms with E-state index in [1.54, 1.807) is 6.92 Å². The summed E-state index contributed by atoms with van der Waals surface area (Å²) in [5.74, 6) is -1.02. The molecule has 1 rings (SSSR count). The molecule has 1 aromatic rings. The molecule has 82 valence electrons. The van der Waals surface area contributed by atoms with Crippen molar-refractivity contribution in [3.05, 3.63) is 17.0 Å².